The topological polar surface area (TPSA) is 59.2 Å². The van der Waals surface area contributed by atoms with Crippen LogP contribution < -0.4 is 4.90 Å². The molecule has 2 aromatic rings. The van der Waals surface area contributed by atoms with Gasteiger partial charge in [0.05, 0.1) is 12.4 Å². The highest BCUT2D eigenvalue weighted by Gasteiger charge is 2.41. The van der Waals surface area contributed by atoms with Crippen LogP contribution in [0.3, 0.4) is 0 Å². The Kier molecular flexibility index (Phi) is 2.30. The second-order valence-corrected chi connectivity index (χ2v) is 6.37. The molecule has 0 aromatic carbocycles. The van der Waals surface area contributed by atoms with Crippen molar-refractivity contribution in [2.45, 2.75) is 42.6 Å². The first-order valence-corrected chi connectivity index (χ1v) is 7.19. The molecule has 2 unspecified atom stereocenters. The maximum absolute atomic E-state index is 4.26. The van der Waals surface area contributed by atoms with Crippen LogP contribution >= 0.6 is 15.9 Å². The zero-order chi connectivity index (χ0) is 12.1. The van der Waals surface area contributed by atoms with E-state index in [4.69, 9.17) is 0 Å². The molecular formula is C11H13BrN6. The fourth-order valence-electron chi connectivity index (χ4n) is 3.32. The lowest BCUT2D eigenvalue weighted by molar-refractivity contribution is 0.474. The second-order valence-electron chi connectivity index (χ2n) is 5.08. The Morgan fingerprint density at radius 1 is 1.17 bits per heavy atom. The monoisotopic (exact) mass is 308 g/mol. The molecule has 0 aliphatic carbocycles. The Bertz CT molecular complexity index is 570. The summed E-state index contributed by atoms with van der Waals surface area (Å²) in [5, 5.41) is 11.8. The van der Waals surface area contributed by atoms with Crippen molar-refractivity contribution in [3.8, 4) is 0 Å². The molecule has 2 atom stereocenters. The lowest BCUT2D eigenvalue weighted by atomic mass is 10.0. The fourth-order valence-corrected chi connectivity index (χ4v) is 4.19. The van der Waals surface area contributed by atoms with Crippen molar-refractivity contribution >= 4 is 27.4 Å². The summed E-state index contributed by atoms with van der Waals surface area (Å²) in [6.07, 6.45) is 8.46. The molecule has 2 aromatic heterocycles. The third-order valence-corrected chi connectivity index (χ3v) is 4.78. The smallest absolute Gasteiger partial charge is 0.199 e. The minimum atomic E-state index is 0.588. The van der Waals surface area contributed by atoms with E-state index in [1.165, 1.54) is 25.7 Å². The molecule has 2 bridgehead atoms. The van der Waals surface area contributed by atoms with E-state index in [0.29, 0.717) is 22.6 Å². The normalized spacial score (nSPS) is 31.2. The van der Waals surface area contributed by atoms with E-state index in [-0.39, 0.29) is 0 Å². The largest absolute Gasteiger partial charge is 0.349 e. The molecule has 0 spiro atoms. The summed E-state index contributed by atoms with van der Waals surface area (Å²) in [6.45, 7) is 0. The predicted octanol–water partition coefficient (Wildman–Crippen LogP) is 1.41. The Balaban J connectivity index is 1.81. The molecule has 0 radical (unpaired) electrons. The second kappa shape index (κ2) is 3.88. The van der Waals surface area contributed by atoms with Gasteiger partial charge in [0.1, 0.15) is 0 Å². The number of aromatic nitrogens is 5. The van der Waals surface area contributed by atoms with Crippen LogP contribution in [0.1, 0.15) is 25.7 Å². The number of rotatable bonds is 1. The minimum absolute atomic E-state index is 0.588. The highest BCUT2D eigenvalue weighted by molar-refractivity contribution is 9.09. The summed E-state index contributed by atoms with van der Waals surface area (Å²) >= 11 is 3.76. The van der Waals surface area contributed by atoms with E-state index in [9.17, 15) is 0 Å². The quantitative estimate of drug-likeness (QED) is 0.746. The number of hydrogen-bond acceptors (Lipinski definition) is 5. The average Bonchev–Trinajstić information content (AvgIpc) is 2.92. The third-order valence-electron chi connectivity index (χ3n) is 4.03. The highest BCUT2D eigenvalue weighted by Crippen LogP contribution is 2.40. The number of halogens is 1. The Labute approximate surface area is 113 Å². The van der Waals surface area contributed by atoms with Crippen LogP contribution in [-0.4, -0.2) is 41.9 Å². The maximum Gasteiger partial charge on any atom is 0.199 e. The molecule has 2 aliphatic rings. The first-order valence-electron chi connectivity index (χ1n) is 6.27. The van der Waals surface area contributed by atoms with Crippen LogP contribution in [0, 0.1) is 0 Å². The van der Waals surface area contributed by atoms with Crippen LogP contribution in [0.4, 0.5) is 5.82 Å². The van der Waals surface area contributed by atoms with Crippen LogP contribution in [0.15, 0.2) is 12.4 Å². The molecule has 0 amide bonds. The van der Waals surface area contributed by atoms with Crippen LogP contribution in [0.5, 0.6) is 0 Å². The van der Waals surface area contributed by atoms with Gasteiger partial charge in [0.25, 0.3) is 0 Å². The number of piperidine rings is 1. The van der Waals surface area contributed by atoms with E-state index >= 15 is 0 Å². The van der Waals surface area contributed by atoms with Crippen molar-refractivity contribution < 1.29 is 0 Å². The van der Waals surface area contributed by atoms with E-state index < -0.39 is 0 Å². The average molecular weight is 309 g/mol. The molecule has 2 fully saturated rings. The molecular weight excluding hydrogens is 296 g/mol. The van der Waals surface area contributed by atoms with Crippen LogP contribution in [0.25, 0.3) is 5.65 Å². The van der Waals surface area contributed by atoms with Crippen molar-refractivity contribution in [2.75, 3.05) is 4.90 Å². The molecule has 2 saturated heterocycles. The molecule has 7 heteroatoms. The molecule has 4 rings (SSSR count). The summed E-state index contributed by atoms with van der Waals surface area (Å²) in [5.41, 5.74) is 0.716. The summed E-state index contributed by atoms with van der Waals surface area (Å²) in [4.78, 5) is 7.37. The van der Waals surface area contributed by atoms with Gasteiger partial charge in [-0.15, -0.1) is 5.10 Å². The molecule has 6 nitrogen and oxygen atoms in total. The van der Waals surface area contributed by atoms with Gasteiger partial charge in [-0.1, -0.05) is 15.9 Å². The van der Waals surface area contributed by atoms with Gasteiger partial charge in [-0.05, 0) is 36.1 Å². The minimum Gasteiger partial charge on any atom is -0.349 e. The first kappa shape index (κ1) is 10.7. The standard InChI is InChI=1S/C11H13BrN6/c12-7-3-8-1-2-9(4-7)17(8)11-6-13-5-10-14-15-16-18(10)11/h5-9H,1-4H2. The number of alkyl halides is 1. The number of nitrogens with zero attached hydrogens (tertiary/aromatic N) is 6. The van der Waals surface area contributed by atoms with Crippen LogP contribution in [0.2, 0.25) is 0 Å². The van der Waals surface area contributed by atoms with Gasteiger partial charge in [-0.2, -0.15) is 4.52 Å². The van der Waals surface area contributed by atoms with E-state index in [1.54, 1.807) is 10.7 Å². The Morgan fingerprint density at radius 2 is 1.94 bits per heavy atom. The van der Waals surface area contributed by atoms with Crippen molar-refractivity contribution in [3.05, 3.63) is 12.4 Å². The van der Waals surface area contributed by atoms with Gasteiger partial charge < -0.3 is 4.90 Å². The van der Waals surface area contributed by atoms with Crippen molar-refractivity contribution in [3.63, 3.8) is 0 Å². The van der Waals surface area contributed by atoms with Gasteiger partial charge in [0.15, 0.2) is 11.5 Å². The fraction of sp³-hybridized carbons (Fsp3) is 0.636. The van der Waals surface area contributed by atoms with Gasteiger partial charge in [0.2, 0.25) is 0 Å². The van der Waals surface area contributed by atoms with Gasteiger partial charge >= 0.3 is 0 Å². The van der Waals surface area contributed by atoms with Crippen LogP contribution in [-0.2, 0) is 0 Å². The van der Waals surface area contributed by atoms with E-state index in [0.717, 1.165) is 5.82 Å². The predicted molar refractivity (Wildman–Crippen MR) is 69.8 cm³/mol. The third kappa shape index (κ3) is 1.46. The van der Waals surface area contributed by atoms with Crippen molar-refractivity contribution in [1.82, 2.24) is 25.0 Å². The highest BCUT2D eigenvalue weighted by atomic mass is 79.9. The lowest BCUT2D eigenvalue weighted by Gasteiger charge is -2.38. The zero-order valence-electron chi connectivity index (χ0n) is 9.78. The molecule has 2 aliphatic heterocycles. The number of tetrazole rings is 1. The van der Waals surface area contributed by atoms with Gasteiger partial charge in [0, 0.05) is 16.9 Å². The van der Waals surface area contributed by atoms with Crippen molar-refractivity contribution in [2.24, 2.45) is 0 Å². The Morgan fingerprint density at radius 3 is 2.72 bits per heavy atom. The van der Waals surface area contributed by atoms with E-state index in [2.05, 4.69) is 41.3 Å². The molecule has 94 valence electrons. The summed E-state index contributed by atoms with van der Waals surface area (Å²) in [7, 11) is 0. The van der Waals surface area contributed by atoms with Gasteiger partial charge in [-0.3, -0.25) is 4.98 Å². The molecule has 0 N–H and O–H groups in total. The maximum atomic E-state index is 4.26. The lowest BCUT2D eigenvalue weighted by Crippen LogP contribution is -2.44. The zero-order valence-corrected chi connectivity index (χ0v) is 11.4. The summed E-state index contributed by atoms with van der Waals surface area (Å²) < 4.78 is 1.80. The first-order chi connectivity index (χ1) is 8.83. The summed E-state index contributed by atoms with van der Waals surface area (Å²) in [6, 6.07) is 1.18. The number of hydrogen-bond donors (Lipinski definition) is 0. The molecule has 18 heavy (non-hydrogen) atoms. The SMILES string of the molecule is BrC1CC2CCC(C1)N2c1cncc2nnnn12. The number of fused-ring (bicyclic) bond motifs is 3. The Hall–Kier alpha value is -1.24. The molecule has 4 heterocycles. The van der Waals surface area contributed by atoms with Crippen molar-refractivity contribution in [1.29, 1.82) is 0 Å². The number of anilines is 1. The van der Waals surface area contributed by atoms with E-state index in [1.807, 2.05) is 6.20 Å². The summed E-state index contributed by atoms with van der Waals surface area (Å²) in [5.74, 6) is 1.03. The molecule has 0 saturated carbocycles. The van der Waals surface area contributed by atoms with Gasteiger partial charge in [-0.25, -0.2) is 0 Å².